The van der Waals surface area contributed by atoms with Gasteiger partial charge in [-0.1, -0.05) is 13.8 Å². The largest absolute Gasteiger partial charge is 0.454 e. The standard InChI is InChI=1S/C30H45N5O6/c1-17(2)13-24(35(6)29(39)22-10-8-11-31-22)28(38)34-23(15-21-9-7-12-32-27(21)37)25(36)16-41-30(40)26-18(3)14-19(4)33-20(26)5/h14,17,21-24,31H,7-13,15-16H2,1-6H3,(H,32,37)(H,34,38)/t21-,22+,23-,24-/m0/s1. The van der Waals surface area contributed by atoms with E-state index >= 15 is 0 Å². The minimum absolute atomic E-state index is 0.0777. The van der Waals surface area contributed by atoms with Crippen LogP contribution < -0.4 is 16.0 Å². The molecule has 226 valence electrons. The Morgan fingerprint density at radius 3 is 2.44 bits per heavy atom. The second-order valence-corrected chi connectivity index (χ2v) is 11.8. The number of carbonyl (C=O) groups excluding carboxylic acids is 5. The summed E-state index contributed by atoms with van der Waals surface area (Å²) in [5.41, 5.74) is 2.26. The van der Waals surface area contributed by atoms with E-state index in [0.29, 0.717) is 42.6 Å². The van der Waals surface area contributed by atoms with E-state index in [2.05, 4.69) is 20.9 Å². The summed E-state index contributed by atoms with van der Waals surface area (Å²) in [6.45, 7) is 9.99. The number of aryl methyl sites for hydroxylation is 3. The van der Waals surface area contributed by atoms with Crippen molar-refractivity contribution >= 4 is 29.5 Å². The summed E-state index contributed by atoms with van der Waals surface area (Å²) in [6.07, 6.45) is 3.42. The lowest BCUT2D eigenvalue weighted by Crippen LogP contribution is -2.56. The van der Waals surface area contributed by atoms with E-state index in [9.17, 15) is 24.0 Å². The average molecular weight is 572 g/mol. The molecule has 1 aromatic heterocycles. The van der Waals surface area contributed by atoms with Crippen LogP contribution in [-0.4, -0.2) is 84.2 Å². The molecule has 0 saturated carbocycles. The van der Waals surface area contributed by atoms with Gasteiger partial charge in [-0.25, -0.2) is 4.79 Å². The number of carbonyl (C=O) groups is 5. The molecule has 2 saturated heterocycles. The van der Waals surface area contributed by atoms with Crippen LogP contribution in [-0.2, 0) is 23.9 Å². The summed E-state index contributed by atoms with van der Waals surface area (Å²) in [6, 6.07) is -0.435. The minimum Gasteiger partial charge on any atom is -0.454 e. The van der Waals surface area contributed by atoms with Crippen molar-refractivity contribution in [3.63, 3.8) is 0 Å². The number of likely N-dealkylation sites (N-methyl/N-ethyl adjacent to an activating group) is 1. The first-order valence-electron chi connectivity index (χ1n) is 14.6. The zero-order chi connectivity index (χ0) is 30.3. The number of piperidine rings is 1. The first-order valence-corrected chi connectivity index (χ1v) is 14.6. The van der Waals surface area contributed by atoms with Crippen molar-refractivity contribution in [2.24, 2.45) is 11.8 Å². The van der Waals surface area contributed by atoms with E-state index in [0.717, 1.165) is 25.1 Å². The van der Waals surface area contributed by atoms with Crippen molar-refractivity contribution in [1.29, 1.82) is 0 Å². The number of hydrogen-bond acceptors (Lipinski definition) is 8. The van der Waals surface area contributed by atoms with Crippen molar-refractivity contribution in [3.8, 4) is 0 Å². The van der Waals surface area contributed by atoms with Gasteiger partial charge < -0.3 is 25.6 Å². The third-order valence-electron chi connectivity index (χ3n) is 7.87. The molecule has 3 rings (SSSR count). The summed E-state index contributed by atoms with van der Waals surface area (Å²) in [4.78, 5) is 71.5. The fourth-order valence-electron chi connectivity index (χ4n) is 5.71. The number of rotatable bonds is 12. The first kappa shape index (κ1) is 32.2. The molecule has 11 nitrogen and oxygen atoms in total. The highest BCUT2D eigenvalue weighted by atomic mass is 16.5. The number of esters is 1. The predicted molar refractivity (Wildman–Crippen MR) is 153 cm³/mol. The summed E-state index contributed by atoms with van der Waals surface area (Å²) < 4.78 is 5.40. The van der Waals surface area contributed by atoms with Gasteiger partial charge >= 0.3 is 5.97 Å². The average Bonchev–Trinajstić information content (AvgIpc) is 3.44. The Labute approximate surface area is 242 Å². The number of hydrogen-bond donors (Lipinski definition) is 3. The quantitative estimate of drug-likeness (QED) is 0.322. The molecule has 1 aromatic rings. The third kappa shape index (κ3) is 8.58. The van der Waals surface area contributed by atoms with E-state index in [1.807, 2.05) is 20.8 Å². The van der Waals surface area contributed by atoms with Gasteiger partial charge in [0.05, 0.1) is 23.3 Å². The number of amides is 3. The lowest BCUT2D eigenvalue weighted by atomic mass is 9.89. The van der Waals surface area contributed by atoms with Crippen LogP contribution in [0.4, 0.5) is 0 Å². The SMILES string of the molecule is Cc1cc(C)c(C(=O)OCC(=O)[C@H](C[C@@H]2CCCNC2=O)NC(=O)[C@H](CC(C)C)N(C)C(=O)[C@H]2CCCN2)c(C)n1. The number of nitrogens with one attached hydrogen (secondary N) is 3. The van der Waals surface area contributed by atoms with Crippen molar-refractivity contribution in [2.75, 3.05) is 26.7 Å². The van der Waals surface area contributed by atoms with Crippen LogP contribution >= 0.6 is 0 Å². The van der Waals surface area contributed by atoms with Crippen LogP contribution in [0.5, 0.6) is 0 Å². The fraction of sp³-hybridized carbons (Fsp3) is 0.667. The topological polar surface area (TPSA) is 147 Å². The molecule has 2 aliphatic rings. The van der Waals surface area contributed by atoms with E-state index in [-0.39, 0.29) is 30.2 Å². The number of ketones is 1. The molecule has 11 heteroatoms. The van der Waals surface area contributed by atoms with Gasteiger partial charge in [-0.15, -0.1) is 0 Å². The smallest absolute Gasteiger partial charge is 0.340 e. The summed E-state index contributed by atoms with van der Waals surface area (Å²) in [7, 11) is 1.61. The van der Waals surface area contributed by atoms with Crippen molar-refractivity contribution in [1.82, 2.24) is 25.8 Å². The zero-order valence-electron chi connectivity index (χ0n) is 25.2. The van der Waals surface area contributed by atoms with Crippen LogP contribution in [0.15, 0.2) is 6.07 Å². The van der Waals surface area contributed by atoms with E-state index in [1.54, 1.807) is 27.0 Å². The number of Topliss-reactive ketones (excluding diaryl/α,β-unsaturated/α-hetero) is 1. The van der Waals surface area contributed by atoms with Gasteiger partial charge in [-0.05, 0) is 83.4 Å². The fourth-order valence-corrected chi connectivity index (χ4v) is 5.71. The maximum atomic E-state index is 13.7. The second-order valence-electron chi connectivity index (χ2n) is 11.8. The molecule has 0 aliphatic carbocycles. The Bertz CT molecular complexity index is 1120. The molecule has 0 bridgehead atoms. The molecular formula is C30H45N5O6. The molecule has 41 heavy (non-hydrogen) atoms. The molecule has 2 fully saturated rings. The molecule has 3 amide bonds. The molecule has 3 N–H and O–H groups in total. The third-order valence-corrected chi connectivity index (χ3v) is 7.87. The van der Waals surface area contributed by atoms with Crippen LogP contribution in [0.2, 0.25) is 0 Å². The van der Waals surface area contributed by atoms with Gasteiger partial charge in [0, 0.05) is 25.2 Å². The highest BCUT2D eigenvalue weighted by molar-refractivity contribution is 5.97. The van der Waals surface area contributed by atoms with Crippen molar-refractivity contribution in [2.45, 2.75) is 91.3 Å². The Morgan fingerprint density at radius 1 is 1.12 bits per heavy atom. The maximum absolute atomic E-state index is 13.7. The lowest BCUT2D eigenvalue weighted by Gasteiger charge is -2.32. The van der Waals surface area contributed by atoms with Gasteiger partial charge in [-0.3, -0.25) is 24.2 Å². The van der Waals surface area contributed by atoms with Crippen LogP contribution in [0.25, 0.3) is 0 Å². The molecule has 0 spiro atoms. The van der Waals surface area contributed by atoms with Gasteiger partial charge in [0.1, 0.15) is 6.04 Å². The van der Waals surface area contributed by atoms with Crippen molar-refractivity contribution < 1.29 is 28.7 Å². The Hall–Kier alpha value is -3.34. The van der Waals surface area contributed by atoms with Crippen LogP contribution in [0.1, 0.15) is 79.7 Å². The zero-order valence-corrected chi connectivity index (χ0v) is 25.2. The Balaban J connectivity index is 1.77. The molecular weight excluding hydrogens is 526 g/mol. The number of aromatic nitrogens is 1. The van der Waals surface area contributed by atoms with Crippen LogP contribution in [0.3, 0.4) is 0 Å². The Kier molecular flexibility index (Phi) is 11.4. The highest BCUT2D eigenvalue weighted by Gasteiger charge is 2.36. The molecule has 4 atom stereocenters. The first-order chi connectivity index (χ1) is 19.4. The maximum Gasteiger partial charge on any atom is 0.340 e. The van der Waals surface area contributed by atoms with Gasteiger partial charge in [0.2, 0.25) is 17.7 Å². The van der Waals surface area contributed by atoms with E-state index in [1.165, 1.54) is 4.90 Å². The van der Waals surface area contributed by atoms with Crippen LogP contribution in [0, 0.1) is 32.6 Å². The summed E-state index contributed by atoms with van der Waals surface area (Å²) in [5.74, 6) is -2.36. The number of ether oxygens (including phenoxy) is 1. The lowest BCUT2D eigenvalue weighted by molar-refractivity contribution is -0.142. The molecule has 0 aromatic carbocycles. The molecule has 0 radical (unpaired) electrons. The monoisotopic (exact) mass is 571 g/mol. The predicted octanol–water partition coefficient (Wildman–Crippen LogP) is 1.76. The van der Waals surface area contributed by atoms with Gasteiger partial charge in [-0.2, -0.15) is 0 Å². The normalized spacial score (nSPS) is 20.2. The number of pyridine rings is 1. The Morgan fingerprint density at radius 2 is 1.83 bits per heavy atom. The summed E-state index contributed by atoms with van der Waals surface area (Å²) in [5, 5.41) is 8.82. The van der Waals surface area contributed by atoms with Gasteiger partial charge in [0.25, 0.3) is 0 Å². The van der Waals surface area contributed by atoms with E-state index in [4.69, 9.17) is 4.74 Å². The number of nitrogens with zero attached hydrogens (tertiary/aromatic N) is 2. The van der Waals surface area contributed by atoms with E-state index < -0.39 is 42.3 Å². The summed E-state index contributed by atoms with van der Waals surface area (Å²) >= 11 is 0. The molecule has 2 aliphatic heterocycles. The minimum atomic E-state index is -1.06. The van der Waals surface area contributed by atoms with Crippen molar-refractivity contribution in [3.05, 3.63) is 28.6 Å². The highest BCUT2D eigenvalue weighted by Crippen LogP contribution is 2.21. The van der Waals surface area contributed by atoms with Gasteiger partial charge in [0.15, 0.2) is 12.4 Å². The molecule has 3 heterocycles. The second kappa shape index (κ2) is 14.5. The molecule has 0 unspecified atom stereocenters.